The summed E-state index contributed by atoms with van der Waals surface area (Å²) in [5.74, 6) is 0. The first-order valence-corrected chi connectivity index (χ1v) is 5.18. The maximum atomic E-state index is 4.36. The molecular formula is C6H11BrN2S. The highest BCUT2D eigenvalue weighted by molar-refractivity contribution is 9.09. The van der Waals surface area contributed by atoms with Crippen molar-refractivity contribution in [1.29, 1.82) is 0 Å². The molecule has 0 unspecified atom stereocenters. The minimum atomic E-state index is 0.650. The van der Waals surface area contributed by atoms with Crippen molar-refractivity contribution in [2.24, 2.45) is 4.99 Å². The van der Waals surface area contributed by atoms with E-state index < -0.39 is 0 Å². The lowest BCUT2D eigenvalue weighted by molar-refractivity contribution is 0.635. The third-order valence-electron chi connectivity index (χ3n) is 1.26. The Balaban J connectivity index is 2.39. The van der Waals surface area contributed by atoms with Gasteiger partial charge in [0.25, 0.3) is 0 Å². The van der Waals surface area contributed by atoms with E-state index in [0.717, 1.165) is 17.0 Å². The van der Waals surface area contributed by atoms with Gasteiger partial charge in [-0.25, -0.2) is 0 Å². The zero-order valence-electron chi connectivity index (χ0n) is 6.17. The molecule has 0 aliphatic carbocycles. The summed E-state index contributed by atoms with van der Waals surface area (Å²) in [7, 11) is 4.06. The molecule has 0 N–H and O–H groups in total. The zero-order chi connectivity index (χ0) is 7.56. The van der Waals surface area contributed by atoms with Crippen molar-refractivity contribution >= 4 is 32.9 Å². The molecule has 0 bridgehead atoms. The van der Waals surface area contributed by atoms with Crippen LogP contribution in [0.3, 0.4) is 0 Å². The maximum Gasteiger partial charge on any atom is 0.159 e. The number of aliphatic imine (C=N–C) groups is 1. The Morgan fingerprint density at radius 1 is 1.80 bits per heavy atom. The Labute approximate surface area is 74.2 Å². The molecule has 0 spiro atoms. The normalized spacial score (nSPS) is 24.7. The molecule has 4 heteroatoms. The highest BCUT2D eigenvalue weighted by Crippen LogP contribution is 2.23. The molecule has 0 radical (unpaired) electrons. The lowest BCUT2D eigenvalue weighted by Gasteiger charge is -2.10. The number of thioether (sulfide) groups is 1. The van der Waals surface area contributed by atoms with Crippen molar-refractivity contribution in [2.45, 2.75) is 5.25 Å². The van der Waals surface area contributed by atoms with Crippen LogP contribution in [0.4, 0.5) is 0 Å². The monoisotopic (exact) mass is 222 g/mol. The van der Waals surface area contributed by atoms with Gasteiger partial charge >= 0.3 is 0 Å². The molecule has 0 saturated heterocycles. The minimum absolute atomic E-state index is 0.650. The van der Waals surface area contributed by atoms with Gasteiger partial charge in [-0.05, 0) is 0 Å². The quantitative estimate of drug-likeness (QED) is 0.624. The van der Waals surface area contributed by atoms with E-state index in [4.69, 9.17) is 0 Å². The molecule has 58 valence electrons. The largest absolute Gasteiger partial charge is 0.358 e. The summed E-state index contributed by atoms with van der Waals surface area (Å²) >= 11 is 5.29. The maximum absolute atomic E-state index is 4.36. The van der Waals surface area contributed by atoms with Crippen LogP contribution in [0, 0.1) is 0 Å². The van der Waals surface area contributed by atoms with Gasteiger partial charge in [-0.1, -0.05) is 27.7 Å². The molecule has 1 aliphatic heterocycles. The lowest BCUT2D eigenvalue weighted by atomic mass is 10.5. The number of nitrogens with zero attached hydrogens (tertiary/aromatic N) is 2. The Morgan fingerprint density at radius 3 is 2.80 bits per heavy atom. The number of rotatable bonds is 1. The van der Waals surface area contributed by atoms with Crippen LogP contribution in [0.2, 0.25) is 0 Å². The van der Waals surface area contributed by atoms with Crippen molar-refractivity contribution in [3.05, 3.63) is 0 Å². The summed E-state index contributed by atoms with van der Waals surface area (Å²) in [6.45, 7) is 0.962. The van der Waals surface area contributed by atoms with Crippen molar-refractivity contribution in [3.63, 3.8) is 0 Å². The molecule has 1 rings (SSSR count). The average Bonchev–Trinajstić information content (AvgIpc) is 2.34. The number of halogens is 1. The van der Waals surface area contributed by atoms with E-state index in [2.05, 4.69) is 25.8 Å². The van der Waals surface area contributed by atoms with Gasteiger partial charge in [-0.3, -0.25) is 4.99 Å². The molecule has 2 nitrogen and oxygen atoms in total. The van der Waals surface area contributed by atoms with E-state index in [1.807, 2.05) is 25.9 Å². The topological polar surface area (TPSA) is 15.6 Å². The summed E-state index contributed by atoms with van der Waals surface area (Å²) in [4.78, 5) is 6.43. The summed E-state index contributed by atoms with van der Waals surface area (Å²) in [6.07, 6.45) is 0. The van der Waals surface area contributed by atoms with E-state index in [1.165, 1.54) is 0 Å². The van der Waals surface area contributed by atoms with Crippen LogP contribution in [0.15, 0.2) is 4.99 Å². The van der Waals surface area contributed by atoms with Crippen molar-refractivity contribution in [2.75, 3.05) is 26.0 Å². The summed E-state index contributed by atoms with van der Waals surface area (Å²) in [5, 5.41) is 2.85. The zero-order valence-corrected chi connectivity index (χ0v) is 8.57. The Morgan fingerprint density at radius 2 is 2.50 bits per heavy atom. The number of amidine groups is 1. The van der Waals surface area contributed by atoms with Crippen LogP contribution in [-0.4, -0.2) is 41.3 Å². The Kier molecular flexibility index (Phi) is 3.04. The third kappa shape index (κ3) is 1.89. The lowest BCUT2D eigenvalue weighted by Crippen LogP contribution is -2.17. The van der Waals surface area contributed by atoms with Crippen molar-refractivity contribution in [3.8, 4) is 0 Å². The van der Waals surface area contributed by atoms with Gasteiger partial charge in [0.15, 0.2) is 5.17 Å². The van der Waals surface area contributed by atoms with Crippen LogP contribution in [-0.2, 0) is 0 Å². The standard InChI is InChI=1S/C6H11BrN2S/c1-9(2)6-8-4-5(3-7)10-6/h5H,3-4H2,1-2H3/t5-/m1/s1. The van der Waals surface area contributed by atoms with Gasteiger partial charge in [0.2, 0.25) is 0 Å². The van der Waals surface area contributed by atoms with E-state index in [0.29, 0.717) is 5.25 Å². The SMILES string of the molecule is CN(C)C1=NC[C@@H](CBr)S1. The molecule has 1 aliphatic rings. The molecule has 0 aromatic rings. The van der Waals surface area contributed by atoms with Gasteiger partial charge in [0, 0.05) is 24.7 Å². The molecule has 0 amide bonds. The predicted molar refractivity (Wildman–Crippen MR) is 51.2 cm³/mol. The highest BCUT2D eigenvalue weighted by Gasteiger charge is 2.18. The fourth-order valence-electron chi connectivity index (χ4n) is 0.731. The number of alkyl halides is 1. The molecule has 0 aromatic carbocycles. The highest BCUT2D eigenvalue weighted by atomic mass is 79.9. The predicted octanol–water partition coefficient (Wildman–Crippen LogP) is 1.41. The summed E-state index contributed by atoms with van der Waals surface area (Å²) in [6, 6.07) is 0. The average molecular weight is 223 g/mol. The van der Waals surface area contributed by atoms with E-state index in [9.17, 15) is 0 Å². The summed E-state index contributed by atoms with van der Waals surface area (Å²) < 4.78 is 0. The van der Waals surface area contributed by atoms with Crippen LogP contribution in [0.5, 0.6) is 0 Å². The molecule has 0 saturated carbocycles. The van der Waals surface area contributed by atoms with E-state index in [1.54, 1.807) is 0 Å². The molecule has 1 atom stereocenters. The van der Waals surface area contributed by atoms with Crippen LogP contribution in [0.1, 0.15) is 0 Å². The first-order valence-electron chi connectivity index (χ1n) is 3.18. The fourth-order valence-corrected chi connectivity index (χ4v) is 2.20. The molecule has 10 heavy (non-hydrogen) atoms. The molecule has 1 heterocycles. The first-order chi connectivity index (χ1) is 4.74. The van der Waals surface area contributed by atoms with Crippen LogP contribution < -0.4 is 0 Å². The van der Waals surface area contributed by atoms with Gasteiger partial charge in [0.1, 0.15) is 0 Å². The van der Waals surface area contributed by atoms with E-state index in [-0.39, 0.29) is 0 Å². The van der Waals surface area contributed by atoms with Gasteiger partial charge in [0.05, 0.1) is 6.54 Å². The number of hydrogen-bond acceptors (Lipinski definition) is 3. The van der Waals surface area contributed by atoms with Crippen molar-refractivity contribution < 1.29 is 0 Å². The van der Waals surface area contributed by atoms with Crippen LogP contribution >= 0.6 is 27.7 Å². The second kappa shape index (κ2) is 3.62. The first kappa shape index (κ1) is 8.40. The number of hydrogen-bond donors (Lipinski definition) is 0. The summed E-state index contributed by atoms with van der Waals surface area (Å²) in [5.41, 5.74) is 0. The smallest absolute Gasteiger partial charge is 0.159 e. The fraction of sp³-hybridized carbons (Fsp3) is 0.833. The molecule has 0 fully saturated rings. The molecule has 0 aromatic heterocycles. The van der Waals surface area contributed by atoms with Crippen molar-refractivity contribution in [1.82, 2.24) is 4.90 Å². The van der Waals surface area contributed by atoms with Gasteiger partial charge < -0.3 is 4.90 Å². The van der Waals surface area contributed by atoms with Crippen LogP contribution in [0.25, 0.3) is 0 Å². The second-order valence-corrected chi connectivity index (χ2v) is 4.33. The molecular weight excluding hydrogens is 212 g/mol. The third-order valence-corrected chi connectivity index (χ3v) is 3.82. The second-order valence-electron chi connectivity index (χ2n) is 2.41. The minimum Gasteiger partial charge on any atom is -0.358 e. The Hall–Kier alpha value is 0.300. The van der Waals surface area contributed by atoms with Gasteiger partial charge in [-0.15, -0.1) is 0 Å². The van der Waals surface area contributed by atoms with E-state index >= 15 is 0 Å². The Bertz CT molecular complexity index is 147. The van der Waals surface area contributed by atoms with Gasteiger partial charge in [-0.2, -0.15) is 0 Å².